The number of aromatic carboxylic acids is 1. The fraction of sp³-hybridized carbons (Fsp3) is 0.118. The van der Waals surface area contributed by atoms with E-state index in [2.05, 4.69) is 15.5 Å². The normalized spacial score (nSPS) is 10.7. The summed E-state index contributed by atoms with van der Waals surface area (Å²) in [5.41, 5.74) is 1.57. The predicted octanol–water partition coefficient (Wildman–Crippen LogP) is 2.92. The number of carboxylic acid groups (broad SMARTS) is 1. The molecule has 3 aromatic rings. The van der Waals surface area contributed by atoms with Crippen molar-refractivity contribution in [1.82, 2.24) is 20.2 Å². The minimum atomic E-state index is -1.01. The summed E-state index contributed by atoms with van der Waals surface area (Å²) in [5, 5.41) is 21.4. The minimum absolute atomic E-state index is 0.00104. The third-order valence-corrected chi connectivity index (χ3v) is 4.86. The van der Waals surface area contributed by atoms with Crippen molar-refractivity contribution >= 4 is 35.1 Å². The van der Waals surface area contributed by atoms with Crippen molar-refractivity contribution in [2.75, 3.05) is 5.75 Å². The fourth-order valence-corrected chi connectivity index (χ4v) is 3.18. The Morgan fingerprint density at radius 1 is 1.12 bits per heavy atom. The highest BCUT2D eigenvalue weighted by Gasteiger charge is 2.13. The quantitative estimate of drug-likeness (QED) is 0.621. The smallest absolute Gasteiger partial charge is 0.335 e. The average molecular weight is 389 g/mol. The molecule has 3 rings (SSSR count). The van der Waals surface area contributed by atoms with Gasteiger partial charge in [0, 0.05) is 11.4 Å². The predicted molar refractivity (Wildman–Crippen MR) is 97.0 cm³/mol. The number of nitrogens with zero attached hydrogens (tertiary/aromatic N) is 4. The third-order valence-electron chi connectivity index (χ3n) is 3.51. The van der Waals surface area contributed by atoms with Crippen LogP contribution >= 0.6 is 23.4 Å². The number of Topliss-reactive ketones (excluding diaryl/α,β-unsaturated/α-hetero) is 1. The van der Waals surface area contributed by atoms with Crippen LogP contribution in [0.15, 0.2) is 53.7 Å². The molecule has 0 aliphatic carbocycles. The first-order chi connectivity index (χ1) is 12.5. The van der Waals surface area contributed by atoms with Crippen LogP contribution in [0.4, 0.5) is 0 Å². The van der Waals surface area contributed by atoms with Crippen molar-refractivity contribution in [1.29, 1.82) is 0 Å². The number of rotatable bonds is 7. The first-order valence-electron chi connectivity index (χ1n) is 7.54. The molecule has 0 radical (unpaired) electrons. The van der Waals surface area contributed by atoms with Gasteiger partial charge in [0.05, 0.1) is 17.0 Å². The Morgan fingerprint density at radius 2 is 1.85 bits per heavy atom. The molecule has 0 fully saturated rings. The molecule has 26 heavy (non-hydrogen) atoms. The molecule has 0 aliphatic rings. The lowest BCUT2D eigenvalue weighted by Crippen LogP contribution is -2.08. The van der Waals surface area contributed by atoms with Crippen LogP contribution in [0.1, 0.15) is 15.9 Å². The first-order valence-corrected chi connectivity index (χ1v) is 8.91. The number of tetrazole rings is 1. The molecule has 1 heterocycles. The van der Waals surface area contributed by atoms with Gasteiger partial charge in [0.2, 0.25) is 5.16 Å². The molecule has 0 amide bonds. The van der Waals surface area contributed by atoms with E-state index < -0.39 is 5.97 Å². The van der Waals surface area contributed by atoms with Gasteiger partial charge in [-0.1, -0.05) is 41.6 Å². The minimum Gasteiger partial charge on any atom is -0.478 e. The van der Waals surface area contributed by atoms with E-state index in [9.17, 15) is 9.59 Å². The van der Waals surface area contributed by atoms with Crippen molar-refractivity contribution in [2.24, 2.45) is 0 Å². The van der Waals surface area contributed by atoms with E-state index in [0.717, 1.165) is 5.56 Å². The van der Waals surface area contributed by atoms with Gasteiger partial charge in [0.25, 0.3) is 0 Å². The molecule has 0 bridgehead atoms. The number of carbonyl (C=O) groups is 2. The summed E-state index contributed by atoms with van der Waals surface area (Å²) in [6.07, 6.45) is 0.238. The number of carboxylic acids is 1. The number of halogens is 1. The summed E-state index contributed by atoms with van der Waals surface area (Å²) in [4.78, 5) is 23.1. The standard InChI is InChI=1S/C17H13ClN4O3S/c18-15-4-2-1-3-12(15)9-14(23)10-26-17-19-20-21-22(17)13-7-5-11(6-8-13)16(24)25/h1-8H,9-10H2,(H,24,25). The van der Waals surface area contributed by atoms with Gasteiger partial charge in [0.1, 0.15) is 5.78 Å². The molecule has 132 valence electrons. The number of carbonyl (C=O) groups excluding carboxylic acids is 1. The molecular formula is C17H13ClN4O3S. The summed E-state index contributed by atoms with van der Waals surface area (Å²) >= 11 is 7.28. The van der Waals surface area contributed by atoms with Gasteiger partial charge >= 0.3 is 5.97 Å². The Labute approximate surface area is 158 Å². The molecule has 9 heteroatoms. The lowest BCUT2D eigenvalue weighted by atomic mass is 10.1. The van der Waals surface area contributed by atoms with Gasteiger partial charge in [-0.2, -0.15) is 4.68 Å². The van der Waals surface area contributed by atoms with E-state index in [1.165, 1.54) is 28.6 Å². The van der Waals surface area contributed by atoms with Gasteiger partial charge in [-0.25, -0.2) is 4.79 Å². The van der Waals surface area contributed by atoms with Crippen molar-refractivity contribution < 1.29 is 14.7 Å². The lowest BCUT2D eigenvalue weighted by molar-refractivity contribution is -0.116. The highest BCUT2D eigenvalue weighted by molar-refractivity contribution is 7.99. The van der Waals surface area contributed by atoms with Crippen molar-refractivity contribution in [3.8, 4) is 5.69 Å². The van der Waals surface area contributed by atoms with Gasteiger partial charge < -0.3 is 5.11 Å². The van der Waals surface area contributed by atoms with Crippen LogP contribution in [-0.2, 0) is 11.2 Å². The number of hydrogen-bond acceptors (Lipinski definition) is 6. The van der Waals surface area contributed by atoms with Crippen molar-refractivity contribution in [2.45, 2.75) is 11.6 Å². The van der Waals surface area contributed by atoms with E-state index in [0.29, 0.717) is 15.9 Å². The van der Waals surface area contributed by atoms with Gasteiger partial charge in [-0.05, 0) is 46.3 Å². The van der Waals surface area contributed by atoms with Crippen LogP contribution < -0.4 is 0 Å². The molecule has 7 nitrogen and oxygen atoms in total. The van der Waals surface area contributed by atoms with Gasteiger partial charge in [-0.3, -0.25) is 4.79 Å². The molecule has 0 spiro atoms. The summed E-state index contributed by atoms with van der Waals surface area (Å²) in [5.74, 6) is -0.814. The molecular weight excluding hydrogens is 376 g/mol. The fourth-order valence-electron chi connectivity index (χ4n) is 2.23. The largest absolute Gasteiger partial charge is 0.478 e. The van der Waals surface area contributed by atoms with Crippen LogP contribution in [0, 0.1) is 0 Å². The van der Waals surface area contributed by atoms with E-state index >= 15 is 0 Å². The average Bonchev–Trinajstić information content (AvgIpc) is 3.10. The zero-order valence-electron chi connectivity index (χ0n) is 13.4. The molecule has 1 N–H and O–H groups in total. The first kappa shape index (κ1) is 18.1. The zero-order valence-corrected chi connectivity index (χ0v) is 14.9. The molecule has 0 atom stereocenters. The van der Waals surface area contributed by atoms with Crippen LogP contribution in [0.5, 0.6) is 0 Å². The Hall–Kier alpha value is -2.71. The Bertz CT molecular complexity index is 943. The number of hydrogen-bond donors (Lipinski definition) is 1. The number of aromatic nitrogens is 4. The maximum atomic E-state index is 12.2. The monoisotopic (exact) mass is 388 g/mol. The number of benzene rings is 2. The molecule has 0 aliphatic heterocycles. The third kappa shape index (κ3) is 4.27. The van der Waals surface area contributed by atoms with Gasteiger partial charge in [-0.15, -0.1) is 5.10 Å². The Balaban J connectivity index is 1.66. The topological polar surface area (TPSA) is 98.0 Å². The second kappa shape index (κ2) is 8.11. The molecule has 2 aromatic carbocycles. The Morgan fingerprint density at radius 3 is 2.54 bits per heavy atom. The van der Waals surface area contributed by atoms with E-state index in [1.807, 2.05) is 18.2 Å². The van der Waals surface area contributed by atoms with Crippen molar-refractivity contribution in [3.05, 3.63) is 64.7 Å². The second-order valence-corrected chi connectivity index (χ2v) is 6.67. The second-order valence-electron chi connectivity index (χ2n) is 5.32. The summed E-state index contributed by atoms with van der Waals surface area (Å²) in [6.45, 7) is 0. The van der Waals surface area contributed by atoms with E-state index in [4.69, 9.17) is 16.7 Å². The number of thioether (sulfide) groups is 1. The van der Waals surface area contributed by atoms with Crippen molar-refractivity contribution in [3.63, 3.8) is 0 Å². The molecule has 1 aromatic heterocycles. The highest BCUT2D eigenvalue weighted by atomic mass is 35.5. The van der Waals surface area contributed by atoms with Crippen LogP contribution in [-0.4, -0.2) is 42.8 Å². The van der Waals surface area contributed by atoms with E-state index in [1.54, 1.807) is 18.2 Å². The van der Waals surface area contributed by atoms with Crippen LogP contribution in [0.25, 0.3) is 5.69 Å². The molecule has 0 saturated heterocycles. The highest BCUT2D eigenvalue weighted by Crippen LogP contribution is 2.21. The molecule has 0 unspecified atom stereocenters. The van der Waals surface area contributed by atoms with Crippen LogP contribution in [0.2, 0.25) is 5.02 Å². The Kier molecular flexibility index (Phi) is 5.65. The van der Waals surface area contributed by atoms with Crippen LogP contribution in [0.3, 0.4) is 0 Å². The SMILES string of the molecule is O=C(CSc1nnnn1-c1ccc(C(=O)O)cc1)Cc1ccccc1Cl. The summed E-state index contributed by atoms with van der Waals surface area (Å²) < 4.78 is 1.46. The maximum Gasteiger partial charge on any atom is 0.335 e. The number of ketones is 1. The van der Waals surface area contributed by atoms with E-state index in [-0.39, 0.29) is 23.5 Å². The molecule has 0 saturated carbocycles. The summed E-state index contributed by atoms with van der Waals surface area (Å²) in [6, 6.07) is 13.4. The van der Waals surface area contributed by atoms with Gasteiger partial charge in [0.15, 0.2) is 0 Å². The summed E-state index contributed by atoms with van der Waals surface area (Å²) in [7, 11) is 0. The lowest BCUT2D eigenvalue weighted by Gasteiger charge is -2.05. The zero-order chi connectivity index (χ0) is 18.5. The maximum absolute atomic E-state index is 12.2.